The highest BCUT2D eigenvalue weighted by Crippen LogP contribution is 2.10. The first-order chi connectivity index (χ1) is 4.61. The molecule has 0 aromatic rings. The number of carbonyl (C=O) groups excluding carboxylic acids is 2. The van der Waals surface area contributed by atoms with Crippen molar-refractivity contribution in [1.82, 2.24) is 5.06 Å². The molecule has 0 aromatic carbocycles. The molecular weight excluding hydrogens is 166 g/mol. The number of hydrogen-bond acceptors (Lipinski definition) is 5. The van der Waals surface area contributed by atoms with Crippen molar-refractivity contribution in [3.8, 4) is 0 Å². The molecule has 0 bridgehead atoms. The Morgan fingerprint density at radius 3 is 2.20 bits per heavy atom. The number of hydrogen-bond donors (Lipinski definition) is 1. The zero-order chi connectivity index (χ0) is 7.72. The Morgan fingerprint density at radius 1 is 1.50 bits per heavy atom. The van der Waals surface area contributed by atoms with Gasteiger partial charge >= 0.3 is 23.5 Å². The zero-order valence-corrected chi connectivity index (χ0v) is 5.16. The van der Waals surface area contributed by atoms with E-state index in [1.165, 1.54) is 0 Å². The summed E-state index contributed by atoms with van der Waals surface area (Å²) in [7, 11) is 0. The normalized spacial score (nSPS) is 19.9. The van der Waals surface area contributed by atoms with Gasteiger partial charge in [0.2, 0.25) is 0 Å². The molecule has 1 aliphatic rings. The molecule has 56 valence electrons. The molecule has 1 aliphatic heterocycles. The first kappa shape index (κ1) is 7.12. The van der Waals surface area contributed by atoms with E-state index in [0.717, 1.165) is 0 Å². The lowest BCUT2D eigenvalue weighted by atomic mass is 10.9. The average Bonchev–Trinajstić information content (AvgIpc) is 1.84. The quantitative estimate of drug-likeness (QED) is 0.445. The fraction of sp³-hybridized carbons (Fsp3) is 0. The van der Waals surface area contributed by atoms with Crippen LogP contribution in [0, 0.1) is 0 Å². The lowest BCUT2D eigenvalue weighted by Gasteiger charge is -2.21. The lowest BCUT2D eigenvalue weighted by Crippen LogP contribution is -2.49. The van der Waals surface area contributed by atoms with Crippen LogP contribution in [0.3, 0.4) is 0 Å². The van der Waals surface area contributed by atoms with E-state index in [1.54, 1.807) is 0 Å². The lowest BCUT2D eigenvalue weighted by molar-refractivity contribution is -0.0684. The molecule has 7 nitrogen and oxygen atoms in total. The van der Waals surface area contributed by atoms with Crippen molar-refractivity contribution < 1.29 is 27.4 Å². The molecule has 1 fully saturated rings. The summed E-state index contributed by atoms with van der Waals surface area (Å²) in [6, 6.07) is 0. The van der Waals surface area contributed by atoms with Crippen LogP contribution >= 0.6 is 0 Å². The van der Waals surface area contributed by atoms with E-state index in [0.29, 0.717) is 0 Å². The molecule has 1 heterocycles. The molecule has 1 rings (SSSR count). The predicted molar refractivity (Wildman–Crippen MR) is 25.6 cm³/mol. The van der Waals surface area contributed by atoms with Crippen LogP contribution in [0.2, 0.25) is 0 Å². The highest BCUT2D eigenvalue weighted by atomic mass is 32.2. The minimum Gasteiger partial charge on any atom is -0.355 e. The molecule has 0 aromatic heterocycles. The summed E-state index contributed by atoms with van der Waals surface area (Å²) in [5.41, 5.74) is 0. The minimum atomic E-state index is -2.68. The molecule has 0 spiro atoms. The summed E-state index contributed by atoms with van der Waals surface area (Å²) in [5.74, 6) is 0. The van der Waals surface area contributed by atoms with Crippen LogP contribution in [-0.4, -0.2) is 26.0 Å². The van der Waals surface area contributed by atoms with Gasteiger partial charge in [-0.05, 0) is 0 Å². The maximum absolute atomic E-state index is 10.1. The maximum atomic E-state index is 10.1. The Balaban J connectivity index is 2.48. The fourth-order valence-electron chi connectivity index (χ4n) is 0.318. The summed E-state index contributed by atoms with van der Waals surface area (Å²) in [6.45, 7) is 0. The number of cyclic esters (lactones) is 2. The Hall–Kier alpha value is -0.990. The Kier molecular flexibility index (Phi) is 1.66. The van der Waals surface area contributed by atoms with Crippen LogP contribution in [-0.2, 0) is 20.4 Å². The van der Waals surface area contributed by atoms with Gasteiger partial charge in [-0.2, -0.15) is 4.21 Å². The van der Waals surface area contributed by atoms with E-state index < -0.39 is 23.5 Å². The average molecular weight is 167 g/mol. The number of carbonyl (C=O) groups is 2. The Labute approximate surface area is 56.9 Å². The summed E-state index contributed by atoms with van der Waals surface area (Å²) in [5, 5.41) is 0.0378. The van der Waals surface area contributed by atoms with Gasteiger partial charge < -0.3 is 4.74 Å². The number of amides is 2. The molecular formula is C2HNO6S. The van der Waals surface area contributed by atoms with Crippen molar-refractivity contribution in [2.75, 3.05) is 0 Å². The molecule has 8 heteroatoms. The number of nitrogens with zero attached hydrogens (tertiary/aromatic N) is 1. The predicted octanol–water partition coefficient (Wildman–Crippen LogP) is -0.373. The summed E-state index contributed by atoms with van der Waals surface area (Å²) in [6.07, 6.45) is -2.21. The van der Waals surface area contributed by atoms with Gasteiger partial charge in [-0.25, -0.2) is 9.59 Å². The van der Waals surface area contributed by atoms with Crippen LogP contribution in [0.4, 0.5) is 9.59 Å². The molecule has 2 amide bonds. The second-order valence-corrected chi connectivity index (χ2v) is 1.80. The van der Waals surface area contributed by atoms with Crippen molar-refractivity contribution in [2.45, 2.75) is 0 Å². The van der Waals surface area contributed by atoms with Gasteiger partial charge in [0.15, 0.2) is 0 Å². The molecule has 1 N–H and O–H groups in total. The van der Waals surface area contributed by atoms with E-state index in [1.807, 2.05) is 0 Å². The van der Waals surface area contributed by atoms with Crippen molar-refractivity contribution in [3.63, 3.8) is 0 Å². The van der Waals surface area contributed by atoms with E-state index in [9.17, 15) is 13.8 Å². The second kappa shape index (κ2) is 2.33. The van der Waals surface area contributed by atoms with Crippen LogP contribution in [0.1, 0.15) is 0 Å². The van der Waals surface area contributed by atoms with E-state index >= 15 is 0 Å². The maximum Gasteiger partial charge on any atom is 0.454 e. The minimum absolute atomic E-state index is 0.0378. The third-order valence-corrected chi connectivity index (χ3v) is 0.921. The van der Waals surface area contributed by atoms with Gasteiger partial charge in [0.1, 0.15) is 0 Å². The van der Waals surface area contributed by atoms with Gasteiger partial charge in [0.05, 0.1) is 0 Å². The fourth-order valence-corrected chi connectivity index (χ4v) is 0.567. The third kappa shape index (κ3) is 1.12. The molecule has 1 atom stereocenters. The van der Waals surface area contributed by atoms with Gasteiger partial charge in [-0.15, -0.1) is 4.28 Å². The largest absolute Gasteiger partial charge is 0.454 e. The smallest absolute Gasteiger partial charge is 0.355 e. The number of ether oxygens (including phenoxy) is 1. The highest BCUT2D eigenvalue weighted by Gasteiger charge is 2.41. The van der Waals surface area contributed by atoms with Crippen molar-refractivity contribution >= 4 is 23.5 Å². The molecule has 0 aliphatic carbocycles. The van der Waals surface area contributed by atoms with Crippen LogP contribution in [0.5, 0.6) is 0 Å². The number of rotatable bonds is 2. The van der Waals surface area contributed by atoms with Gasteiger partial charge in [-0.3, -0.25) is 4.55 Å². The first-order valence-electron chi connectivity index (χ1n) is 1.96. The topological polar surface area (TPSA) is 93.1 Å². The van der Waals surface area contributed by atoms with Crippen LogP contribution in [0.15, 0.2) is 0 Å². The number of imide groups is 1. The monoisotopic (exact) mass is 167 g/mol. The molecule has 10 heavy (non-hydrogen) atoms. The Morgan fingerprint density at radius 2 is 2.00 bits per heavy atom. The molecule has 1 unspecified atom stereocenters. The van der Waals surface area contributed by atoms with E-state index in [4.69, 9.17) is 4.55 Å². The third-order valence-electron chi connectivity index (χ3n) is 0.645. The van der Waals surface area contributed by atoms with Gasteiger partial charge in [0.25, 0.3) is 0 Å². The van der Waals surface area contributed by atoms with Crippen molar-refractivity contribution in [1.29, 1.82) is 0 Å². The summed E-state index contributed by atoms with van der Waals surface area (Å²) < 4.78 is 25.2. The SMILES string of the molecule is O=C1OC(=O)N1OS(=O)O. The first-order valence-corrected chi connectivity index (χ1v) is 2.99. The van der Waals surface area contributed by atoms with Gasteiger partial charge in [-0.1, -0.05) is 5.06 Å². The Bertz CT molecular complexity index is 198. The summed E-state index contributed by atoms with van der Waals surface area (Å²) in [4.78, 5) is 20.2. The molecule has 1 saturated heterocycles. The van der Waals surface area contributed by atoms with Crippen LogP contribution in [0.25, 0.3) is 0 Å². The standard InChI is InChI=1S/C2HNO6S/c4-1-3(2(5)8-1)9-10(6)7/h(H,6,7). The highest BCUT2D eigenvalue weighted by molar-refractivity contribution is 7.74. The van der Waals surface area contributed by atoms with E-state index in [2.05, 4.69) is 9.02 Å². The molecule has 0 radical (unpaired) electrons. The van der Waals surface area contributed by atoms with E-state index in [-0.39, 0.29) is 5.06 Å². The molecule has 0 saturated carbocycles. The van der Waals surface area contributed by atoms with Gasteiger partial charge in [0, 0.05) is 0 Å². The van der Waals surface area contributed by atoms with Crippen molar-refractivity contribution in [3.05, 3.63) is 0 Å². The summed E-state index contributed by atoms with van der Waals surface area (Å²) >= 11 is -2.68. The van der Waals surface area contributed by atoms with Crippen LogP contribution < -0.4 is 0 Å². The zero-order valence-electron chi connectivity index (χ0n) is 4.34. The second-order valence-electron chi connectivity index (χ2n) is 1.22. The van der Waals surface area contributed by atoms with Crippen molar-refractivity contribution in [2.24, 2.45) is 0 Å². The number of hydroxylamine groups is 2.